The van der Waals surface area contributed by atoms with Gasteiger partial charge in [-0.15, -0.1) is 0 Å². The number of amides is 3. The molecule has 0 aromatic carbocycles. The molecule has 0 fully saturated rings. The van der Waals surface area contributed by atoms with Crippen LogP contribution in [0.1, 0.15) is 137 Å². The van der Waals surface area contributed by atoms with Gasteiger partial charge >= 0.3 is 35.8 Å². The van der Waals surface area contributed by atoms with Crippen LogP contribution in [0.15, 0.2) is 0 Å². The van der Waals surface area contributed by atoms with Crippen molar-refractivity contribution < 1.29 is 72.7 Å². The fourth-order valence-corrected chi connectivity index (χ4v) is 5.07. The van der Waals surface area contributed by atoms with Crippen LogP contribution < -0.4 is 16.0 Å². The number of carbonyl (C=O) groups is 9. The Labute approximate surface area is 321 Å². The van der Waals surface area contributed by atoms with Crippen molar-refractivity contribution in [2.75, 3.05) is 13.1 Å². The van der Waals surface area contributed by atoms with E-state index in [0.29, 0.717) is 19.4 Å². The van der Waals surface area contributed by atoms with Gasteiger partial charge in [0.15, 0.2) is 12.1 Å². The van der Waals surface area contributed by atoms with E-state index in [1.54, 1.807) is 0 Å². The van der Waals surface area contributed by atoms with Crippen molar-refractivity contribution in [1.82, 2.24) is 26.4 Å². The summed E-state index contributed by atoms with van der Waals surface area (Å²) in [6.45, 7) is 6.55. The smallest absolute Gasteiger partial charge is 0.328 e. The molecular formula is C35H59N5O15. The molecule has 0 saturated carbocycles. The van der Waals surface area contributed by atoms with Crippen LogP contribution in [0.3, 0.4) is 0 Å². The average molecular weight is 790 g/mol. The highest BCUT2D eigenvalue weighted by Gasteiger charge is 2.34. The number of aliphatic carboxylic acids is 2. The lowest BCUT2D eigenvalue weighted by Crippen LogP contribution is -2.48. The molecule has 0 aromatic rings. The van der Waals surface area contributed by atoms with E-state index in [0.717, 1.165) is 59.8 Å². The summed E-state index contributed by atoms with van der Waals surface area (Å²) >= 11 is 0. The number of carboxylic acids is 2. The van der Waals surface area contributed by atoms with Gasteiger partial charge in [0.2, 0.25) is 17.7 Å². The van der Waals surface area contributed by atoms with Crippen LogP contribution in [0.25, 0.3) is 0 Å². The summed E-state index contributed by atoms with van der Waals surface area (Å²) in [7, 11) is 0. The van der Waals surface area contributed by atoms with E-state index >= 15 is 0 Å². The highest BCUT2D eigenvalue weighted by atomic mass is 17.0. The van der Waals surface area contributed by atoms with Crippen molar-refractivity contribution in [2.45, 2.75) is 155 Å². The Morgan fingerprint density at radius 3 is 1.31 bits per heavy atom. The molecule has 0 heterocycles. The van der Waals surface area contributed by atoms with Gasteiger partial charge < -0.3 is 45.5 Å². The van der Waals surface area contributed by atoms with Crippen molar-refractivity contribution in [3.63, 3.8) is 0 Å². The molecule has 0 aliphatic heterocycles. The fraction of sp³-hybridized carbons (Fsp3) is 0.743. The molecule has 0 spiro atoms. The first-order valence-electron chi connectivity index (χ1n) is 18.6. The van der Waals surface area contributed by atoms with Gasteiger partial charge in [0.25, 0.3) is 0 Å². The monoisotopic (exact) mass is 789 g/mol. The summed E-state index contributed by atoms with van der Waals surface area (Å²) < 4.78 is 0. The molecule has 0 bridgehead atoms. The van der Waals surface area contributed by atoms with E-state index in [9.17, 15) is 53.4 Å². The summed E-state index contributed by atoms with van der Waals surface area (Å²) in [5.74, 6) is -8.59. The molecule has 3 amide bonds. The van der Waals surface area contributed by atoms with E-state index in [1.165, 1.54) is 25.7 Å². The van der Waals surface area contributed by atoms with Gasteiger partial charge in [-0.3, -0.25) is 43.2 Å². The van der Waals surface area contributed by atoms with Crippen molar-refractivity contribution >= 4 is 53.5 Å². The minimum atomic E-state index is -1.72. The Bertz CT molecular complexity index is 1230. The Morgan fingerprint density at radius 1 is 0.509 bits per heavy atom. The predicted octanol–water partition coefficient (Wildman–Crippen LogP) is 2.39. The standard InChI is InChI=1S/C35H59N5O15/c1-6-7-8-9-10-11-12-13-15-23-37-33(47)28(38-32(46)21-19-30(35(50)51)40(54-26(4)43)55-27(5)44)17-14-16-22-36-31(45)20-18-29(34(48)49)39(52-24(2)41)53-25(3)42/h28-30H,6-23H2,1-5H3,(H,36,45)(H,37,47)(H,38,46)(H,48,49)(H,50,51). The molecule has 0 aromatic heterocycles. The number of rotatable bonds is 31. The summed E-state index contributed by atoms with van der Waals surface area (Å²) in [4.78, 5) is 126. The second kappa shape index (κ2) is 29.5. The molecule has 0 aliphatic rings. The average Bonchev–Trinajstić information content (AvgIpc) is 3.07. The molecule has 55 heavy (non-hydrogen) atoms. The number of hydrogen-bond acceptors (Lipinski definition) is 15. The van der Waals surface area contributed by atoms with Crippen molar-refractivity contribution in [1.29, 1.82) is 0 Å². The summed E-state index contributed by atoms with van der Waals surface area (Å²) in [6, 6.07) is -4.40. The first-order valence-corrected chi connectivity index (χ1v) is 18.6. The second-order valence-corrected chi connectivity index (χ2v) is 12.8. The minimum Gasteiger partial charge on any atom is -0.480 e. The molecule has 20 nitrogen and oxygen atoms in total. The highest BCUT2D eigenvalue weighted by molar-refractivity contribution is 5.88. The van der Waals surface area contributed by atoms with Crippen LogP contribution >= 0.6 is 0 Å². The lowest BCUT2D eigenvalue weighted by Gasteiger charge is -2.24. The number of carbonyl (C=O) groups excluding carboxylic acids is 7. The molecule has 0 aliphatic carbocycles. The maximum absolute atomic E-state index is 13.1. The number of nitrogens with zero attached hydrogens (tertiary/aromatic N) is 2. The van der Waals surface area contributed by atoms with Gasteiger partial charge in [-0.25, -0.2) is 0 Å². The highest BCUT2D eigenvalue weighted by Crippen LogP contribution is 2.14. The molecular weight excluding hydrogens is 730 g/mol. The Balaban J connectivity index is 5.28. The lowest BCUT2D eigenvalue weighted by molar-refractivity contribution is -0.340. The fourth-order valence-electron chi connectivity index (χ4n) is 5.07. The number of nitrogens with one attached hydrogen (secondary N) is 3. The van der Waals surface area contributed by atoms with E-state index in [2.05, 4.69) is 42.2 Å². The minimum absolute atomic E-state index is 0.122. The van der Waals surface area contributed by atoms with Gasteiger partial charge in [0, 0.05) is 64.1 Å². The summed E-state index contributed by atoms with van der Waals surface area (Å²) in [5, 5.41) is 27.6. The Morgan fingerprint density at radius 2 is 0.891 bits per heavy atom. The summed E-state index contributed by atoms with van der Waals surface area (Å²) in [6.07, 6.45) is 9.01. The van der Waals surface area contributed by atoms with Crippen molar-refractivity contribution in [3.05, 3.63) is 0 Å². The Hall–Kier alpha value is -4.85. The van der Waals surface area contributed by atoms with Gasteiger partial charge in [-0.1, -0.05) is 58.3 Å². The third kappa shape index (κ3) is 25.7. The van der Waals surface area contributed by atoms with E-state index in [4.69, 9.17) is 0 Å². The Kier molecular flexibility index (Phi) is 26.9. The van der Waals surface area contributed by atoms with Gasteiger partial charge in [-0.05, 0) is 38.5 Å². The third-order valence-corrected chi connectivity index (χ3v) is 7.72. The van der Waals surface area contributed by atoms with E-state index in [1.807, 2.05) is 0 Å². The van der Waals surface area contributed by atoms with Crippen LogP contribution in [-0.4, -0.2) is 105 Å². The number of unbranched alkanes of at least 4 members (excludes halogenated alkanes) is 9. The third-order valence-electron chi connectivity index (χ3n) is 7.72. The number of carboxylic acid groups (broad SMARTS) is 2. The van der Waals surface area contributed by atoms with Gasteiger partial charge in [0.1, 0.15) is 6.04 Å². The van der Waals surface area contributed by atoms with Crippen molar-refractivity contribution in [3.8, 4) is 0 Å². The van der Waals surface area contributed by atoms with Crippen LogP contribution in [0.4, 0.5) is 0 Å². The maximum Gasteiger partial charge on any atom is 0.328 e. The first-order chi connectivity index (χ1) is 26.0. The predicted molar refractivity (Wildman–Crippen MR) is 191 cm³/mol. The van der Waals surface area contributed by atoms with Crippen LogP contribution in [-0.2, 0) is 62.5 Å². The van der Waals surface area contributed by atoms with Crippen LogP contribution in [0.5, 0.6) is 0 Å². The molecule has 0 radical (unpaired) electrons. The normalized spacial score (nSPS) is 12.5. The molecule has 3 atom stereocenters. The van der Waals surface area contributed by atoms with Crippen LogP contribution in [0, 0.1) is 0 Å². The van der Waals surface area contributed by atoms with Crippen molar-refractivity contribution in [2.24, 2.45) is 0 Å². The van der Waals surface area contributed by atoms with Gasteiger partial charge in [0.05, 0.1) is 0 Å². The molecule has 3 unspecified atom stereocenters. The molecule has 314 valence electrons. The van der Waals surface area contributed by atoms with Gasteiger partial charge in [-0.2, -0.15) is 0 Å². The second-order valence-electron chi connectivity index (χ2n) is 12.8. The molecule has 0 rings (SSSR count). The zero-order valence-corrected chi connectivity index (χ0v) is 32.6. The first kappa shape index (κ1) is 50.1. The zero-order valence-electron chi connectivity index (χ0n) is 32.6. The summed E-state index contributed by atoms with van der Waals surface area (Å²) in [5.41, 5.74) is 0. The lowest BCUT2D eigenvalue weighted by atomic mass is 10.1. The topological polar surface area (TPSA) is 274 Å². The molecule has 0 saturated heterocycles. The number of hydroxylamine groups is 4. The molecule has 5 N–H and O–H groups in total. The maximum atomic E-state index is 13.1. The largest absolute Gasteiger partial charge is 0.480 e. The SMILES string of the molecule is CCCCCCCCCCCNC(=O)C(CCCCNC(=O)CCC(C(=O)O)N(OC(C)=O)OC(C)=O)NC(=O)CCC(C(=O)O)N(OC(C)=O)OC(C)=O. The van der Waals surface area contributed by atoms with Crippen LogP contribution in [0.2, 0.25) is 0 Å². The van der Waals surface area contributed by atoms with E-state index in [-0.39, 0.29) is 36.3 Å². The zero-order chi connectivity index (χ0) is 41.8. The van der Waals surface area contributed by atoms with E-state index < -0.39 is 84.5 Å². The quantitative estimate of drug-likeness (QED) is 0.0498. The number of hydrogen-bond donors (Lipinski definition) is 5. The molecule has 20 heteroatoms.